The predicted octanol–water partition coefficient (Wildman–Crippen LogP) is 5.76. The molecule has 51 heavy (non-hydrogen) atoms. The average molecular weight is 702 g/mol. The lowest BCUT2D eigenvalue weighted by atomic mass is 9.85. The molecule has 1 amide bonds. The van der Waals surface area contributed by atoms with Crippen molar-refractivity contribution in [2.45, 2.75) is 31.9 Å². The standard InChI is InChI=1S/C42H40NO7P/c1-3-49-39(45)38(51(34-23-13-6-14-24-34,35-25-15-7-16-26-35)36-27-17-8-18-28-36)37(44)30-42(40(46)48-2,29-32-19-9-4-10-20-32)43-41(47)50-31-33-21-11-5-12-22-33/h4-28H,3,29-31H2,1-2H3,(H,43,47)/t42-/m1/s1. The number of methoxy groups -OCH3 is 1. The number of ketones is 1. The van der Waals surface area contributed by atoms with Crippen LogP contribution in [0.1, 0.15) is 24.5 Å². The molecule has 9 heteroatoms. The first kappa shape index (κ1) is 36.6. The van der Waals surface area contributed by atoms with E-state index >= 15 is 4.79 Å². The van der Waals surface area contributed by atoms with Gasteiger partial charge in [-0.1, -0.05) is 152 Å². The van der Waals surface area contributed by atoms with Crippen molar-refractivity contribution in [1.82, 2.24) is 5.32 Å². The zero-order chi connectivity index (χ0) is 36.1. The van der Waals surface area contributed by atoms with Crippen LogP contribution < -0.4 is 21.2 Å². The van der Waals surface area contributed by atoms with Crippen LogP contribution in [0.4, 0.5) is 4.79 Å². The largest absolute Gasteiger partial charge is 0.467 e. The Hall–Kier alpha value is -5.72. The predicted molar refractivity (Wildman–Crippen MR) is 201 cm³/mol. The van der Waals surface area contributed by atoms with Gasteiger partial charge >= 0.3 is 18.0 Å². The molecule has 260 valence electrons. The van der Waals surface area contributed by atoms with Gasteiger partial charge in [-0.3, -0.25) is 4.79 Å². The van der Waals surface area contributed by atoms with Gasteiger partial charge in [-0.05, 0) is 40.9 Å². The van der Waals surface area contributed by atoms with Crippen LogP contribution >= 0.6 is 6.89 Å². The highest BCUT2D eigenvalue weighted by Gasteiger charge is 2.47. The third kappa shape index (κ3) is 8.36. The van der Waals surface area contributed by atoms with Crippen LogP contribution in [0.25, 0.3) is 0 Å². The summed E-state index contributed by atoms with van der Waals surface area (Å²) in [6.45, 7) is -1.70. The minimum Gasteiger partial charge on any atom is -0.467 e. The molecule has 0 saturated heterocycles. The Bertz CT molecular complexity index is 1880. The number of carbonyl (C=O) groups is 4. The molecule has 0 unspecified atom stereocenters. The highest BCUT2D eigenvalue weighted by molar-refractivity contribution is 7.97. The molecule has 1 atom stereocenters. The molecule has 1 N–H and O–H groups in total. The van der Waals surface area contributed by atoms with Gasteiger partial charge in [0.05, 0.1) is 13.7 Å². The fourth-order valence-corrected chi connectivity index (χ4v) is 10.5. The molecule has 8 nitrogen and oxygen atoms in total. The van der Waals surface area contributed by atoms with Gasteiger partial charge in [-0.15, -0.1) is 0 Å². The van der Waals surface area contributed by atoms with Gasteiger partial charge in [0.25, 0.3) is 0 Å². The summed E-state index contributed by atoms with van der Waals surface area (Å²) in [6.07, 6.45) is -1.69. The first-order chi connectivity index (χ1) is 24.8. The van der Waals surface area contributed by atoms with E-state index in [1.54, 1.807) is 43.3 Å². The van der Waals surface area contributed by atoms with Gasteiger partial charge < -0.3 is 19.5 Å². The van der Waals surface area contributed by atoms with Gasteiger partial charge in [0.15, 0.2) is 11.3 Å². The van der Waals surface area contributed by atoms with Gasteiger partial charge in [0.2, 0.25) is 0 Å². The summed E-state index contributed by atoms with van der Waals surface area (Å²) in [7, 11) is 1.19. The highest BCUT2D eigenvalue weighted by Crippen LogP contribution is 2.47. The van der Waals surface area contributed by atoms with Crippen molar-refractivity contribution in [3.63, 3.8) is 0 Å². The van der Waals surface area contributed by atoms with E-state index < -0.39 is 42.7 Å². The van der Waals surface area contributed by atoms with E-state index in [1.165, 1.54) is 7.11 Å². The summed E-state index contributed by atoms with van der Waals surface area (Å²) in [5, 5.41) is 4.81. The number of carbonyl (C=O) groups excluding carboxylic acids is 4. The second-order valence-corrected chi connectivity index (χ2v) is 15.1. The molecule has 0 spiro atoms. The molecule has 0 heterocycles. The van der Waals surface area contributed by atoms with Gasteiger partial charge in [-0.2, -0.15) is 0 Å². The molecule has 0 bridgehead atoms. The maximum atomic E-state index is 15.3. The molecule has 0 aliphatic carbocycles. The second-order valence-electron chi connectivity index (χ2n) is 11.8. The van der Waals surface area contributed by atoms with Crippen molar-refractivity contribution < 1.29 is 33.4 Å². The molecule has 0 aromatic heterocycles. The number of benzene rings is 5. The van der Waals surface area contributed by atoms with E-state index in [1.807, 2.05) is 115 Å². The van der Waals surface area contributed by atoms with Crippen molar-refractivity contribution in [1.29, 1.82) is 0 Å². The zero-order valence-corrected chi connectivity index (χ0v) is 29.5. The summed E-state index contributed by atoms with van der Waals surface area (Å²) in [6, 6.07) is 46.2. The fourth-order valence-electron chi connectivity index (χ4n) is 6.22. The van der Waals surface area contributed by atoms with E-state index in [2.05, 4.69) is 5.32 Å². The normalized spacial score (nSPS) is 12.1. The molecule has 0 aliphatic rings. The van der Waals surface area contributed by atoms with Gasteiger partial charge in [0.1, 0.15) is 11.9 Å². The lowest BCUT2D eigenvalue weighted by Crippen LogP contribution is -2.59. The van der Waals surface area contributed by atoms with Crippen molar-refractivity contribution in [3.05, 3.63) is 163 Å². The maximum absolute atomic E-state index is 15.3. The monoisotopic (exact) mass is 701 g/mol. The van der Waals surface area contributed by atoms with Crippen LogP contribution in [0.15, 0.2) is 152 Å². The summed E-state index contributed by atoms with van der Waals surface area (Å²) >= 11 is 0. The maximum Gasteiger partial charge on any atom is 0.408 e. The second kappa shape index (κ2) is 17.3. The third-order valence-corrected chi connectivity index (χ3v) is 12.8. The SMILES string of the molecule is CCOC(=O)C(C(=O)C[C@@](Cc1ccccc1)(NC(=O)OCc1ccccc1)C(=O)OC)=P(c1ccccc1)(c1ccccc1)c1ccccc1. The Morgan fingerprint density at radius 1 is 0.608 bits per heavy atom. The summed E-state index contributed by atoms with van der Waals surface area (Å²) < 4.78 is 16.5. The number of rotatable bonds is 14. The lowest BCUT2D eigenvalue weighted by molar-refractivity contribution is -0.150. The summed E-state index contributed by atoms with van der Waals surface area (Å²) in [5.74, 6) is -2.36. The van der Waals surface area contributed by atoms with E-state index in [9.17, 15) is 14.4 Å². The Balaban J connectivity index is 1.76. The Morgan fingerprint density at radius 2 is 1.04 bits per heavy atom. The zero-order valence-electron chi connectivity index (χ0n) is 28.6. The molecule has 0 aliphatic heterocycles. The molecule has 0 fully saturated rings. The number of amides is 1. The van der Waals surface area contributed by atoms with Crippen molar-refractivity contribution in [2.75, 3.05) is 13.7 Å². The van der Waals surface area contributed by atoms with Crippen LogP contribution in [0.2, 0.25) is 0 Å². The first-order valence-electron chi connectivity index (χ1n) is 16.6. The number of Topliss-reactive ketones (excluding diaryl/α,β-unsaturated/α-hetero) is 1. The van der Waals surface area contributed by atoms with E-state index in [0.717, 1.165) is 21.5 Å². The molecule has 0 saturated carbocycles. The van der Waals surface area contributed by atoms with Gasteiger partial charge in [-0.25, -0.2) is 14.4 Å². The summed E-state index contributed by atoms with van der Waals surface area (Å²) in [4.78, 5) is 57.3. The van der Waals surface area contributed by atoms with Crippen molar-refractivity contribution in [2.24, 2.45) is 0 Å². The Labute approximate surface area is 298 Å². The fraction of sp³-hybridized carbons (Fsp3) is 0.167. The minimum absolute atomic E-state index is 0.00417. The highest BCUT2D eigenvalue weighted by atomic mass is 31.2. The van der Waals surface area contributed by atoms with Crippen LogP contribution in [0.5, 0.6) is 0 Å². The molecule has 5 aromatic rings. The van der Waals surface area contributed by atoms with Crippen molar-refractivity contribution >= 4 is 51.9 Å². The molecule has 5 rings (SSSR count). The lowest BCUT2D eigenvalue weighted by Gasteiger charge is -2.34. The number of hydrogen-bond donors (Lipinski definition) is 1. The van der Waals surface area contributed by atoms with E-state index in [4.69, 9.17) is 14.2 Å². The van der Waals surface area contributed by atoms with Crippen LogP contribution in [0, 0.1) is 0 Å². The van der Waals surface area contributed by atoms with Crippen molar-refractivity contribution in [3.8, 4) is 0 Å². The third-order valence-electron chi connectivity index (χ3n) is 8.44. The first-order valence-corrected chi connectivity index (χ1v) is 18.4. The van der Waals surface area contributed by atoms with Crippen LogP contribution in [-0.2, 0) is 41.6 Å². The number of alkyl carbamates (subject to hydrolysis) is 1. The van der Waals surface area contributed by atoms with E-state index in [-0.39, 0.29) is 24.9 Å². The van der Waals surface area contributed by atoms with Crippen LogP contribution in [0.3, 0.4) is 0 Å². The number of ether oxygens (including phenoxy) is 3. The number of hydrogen-bond acceptors (Lipinski definition) is 7. The molecular formula is C42H40NO7P. The molecule has 5 aromatic carbocycles. The quantitative estimate of drug-likeness (QED) is 0.0680. The molecular weight excluding hydrogens is 661 g/mol. The van der Waals surface area contributed by atoms with E-state index in [0.29, 0.717) is 5.56 Å². The Morgan fingerprint density at radius 3 is 1.47 bits per heavy atom. The minimum atomic E-state index is -3.30. The summed E-state index contributed by atoms with van der Waals surface area (Å²) in [5.41, 5.74) is -0.596. The smallest absolute Gasteiger partial charge is 0.408 e. The average Bonchev–Trinajstić information content (AvgIpc) is 3.17. The Kier molecular flexibility index (Phi) is 12.4. The van der Waals surface area contributed by atoms with Crippen LogP contribution in [-0.4, -0.2) is 48.4 Å². The topological polar surface area (TPSA) is 108 Å². The number of esters is 2. The van der Waals surface area contributed by atoms with Gasteiger partial charge in [0, 0.05) is 12.8 Å². The number of nitrogens with one attached hydrogen (secondary N) is 1. The molecule has 0 radical (unpaired) electrons.